The van der Waals surface area contributed by atoms with Crippen molar-refractivity contribution in [2.24, 2.45) is 5.41 Å². The maximum Gasteiger partial charge on any atom is 0.429 e. The number of benzene rings is 1. The van der Waals surface area contributed by atoms with Crippen LogP contribution in [0.4, 0.5) is 19.0 Å². The number of carbonyl (C=O) groups is 1. The van der Waals surface area contributed by atoms with Crippen LogP contribution >= 0.6 is 15.9 Å². The molecule has 208 valence electrons. The van der Waals surface area contributed by atoms with Crippen molar-refractivity contribution in [1.82, 2.24) is 25.1 Å². The highest BCUT2D eigenvalue weighted by atomic mass is 79.9. The molecule has 0 saturated carbocycles. The second-order valence-corrected chi connectivity index (χ2v) is 11.1. The van der Waals surface area contributed by atoms with Crippen LogP contribution in [0.15, 0.2) is 41.0 Å². The van der Waals surface area contributed by atoms with Crippen LogP contribution in [0.25, 0.3) is 5.69 Å². The number of halogens is 4. The minimum atomic E-state index is -4.74. The van der Waals surface area contributed by atoms with Gasteiger partial charge in [0.2, 0.25) is 12.0 Å². The molecule has 3 aromatic rings. The summed E-state index contributed by atoms with van der Waals surface area (Å²) in [5.74, 6) is -0.263. The fourth-order valence-corrected chi connectivity index (χ4v) is 5.69. The standard InChI is InChI=1S/C26H28BrF3N6O3/c1-15-5-8-36(34-15)20-11-17(27)3-4-18(20)23(26(28,29)30)39-22-12-21(32-16(2)33-22)35-9-6-25(7-10-35)13-19(24(37)38)31-14-25/h3-5,8,11-12,19,23,31H,6-7,9-10,13-14H2,1-2H3,(H,37,38)/t19-,23?/m0/s1. The molecule has 13 heteroatoms. The van der Waals surface area contributed by atoms with E-state index in [2.05, 4.69) is 36.3 Å². The van der Waals surface area contributed by atoms with Crippen LogP contribution in [0, 0.1) is 19.3 Å². The largest absolute Gasteiger partial charge is 0.480 e. The molecule has 2 atom stereocenters. The van der Waals surface area contributed by atoms with Crippen molar-refractivity contribution in [3.63, 3.8) is 0 Å². The van der Waals surface area contributed by atoms with Crippen LogP contribution in [0.3, 0.4) is 0 Å². The fraction of sp³-hybridized carbons (Fsp3) is 0.462. The molecule has 2 aliphatic heterocycles. The highest BCUT2D eigenvalue weighted by molar-refractivity contribution is 9.10. The molecule has 2 aliphatic rings. The van der Waals surface area contributed by atoms with Gasteiger partial charge in [-0.3, -0.25) is 4.79 Å². The summed E-state index contributed by atoms with van der Waals surface area (Å²) < 4.78 is 50.9. The Morgan fingerprint density at radius 3 is 2.56 bits per heavy atom. The van der Waals surface area contributed by atoms with E-state index < -0.39 is 24.3 Å². The van der Waals surface area contributed by atoms with Crippen LogP contribution in [0.5, 0.6) is 5.88 Å². The second kappa shape index (κ2) is 10.4. The molecule has 2 N–H and O–H groups in total. The van der Waals surface area contributed by atoms with E-state index in [-0.39, 0.29) is 28.4 Å². The summed E-state index contributed by atoms with van der Waals surface area (Å²) in [5, 5.41) is 16.7. The average Bonchev–Trinajstić information content (AvgIpc) is 3.49. The van der Waals surface area contributed by atoms with Gasteiger partial charge < -0.3 is 20.1 Å². The Balaban J connectivity index is 1.40. The zero-order chi connectivity index (χ0) is 27.9. The molecule has 2 aromatic heterocycles. The highest BCUT2D eigenvalue weighted by Crippen LogP contribution is 2.42. The van der Waals surface area contributed by atoms with Gasteiger partial charge in [-0.05, 0) is 56.7 Å². The minimum Gasteiger partial charge on any atom is -0.480 e. The third-order valence-corrected chi connectivity index (χ3v) is 7.88. The summed E-state index contributed by atoms with van der Waals surface area (Å²) >= 11 is 3.34. The van der Waals surface area contributed by atoms with E-state index in [0.717, 1.165) is 12.8 Å². The molecule has 39 heavy (non-hydrogen) atoms. The van der Waals surface area contributed by atoms with E-state index in [4.69, 9.17) is 4.74 Å². The maximum atomic E-state index is 14.4. The van der Waals surface area contributed by atoms with E-state index in [1.54, 1.807) is 32.2 Å². The summed E-state index contributed by atoms with van der Waals surface area (Å²) in [5.41, 5.74) is 0.687. The number of alkyl halides is 3. The lowest BCUT2D eigenvalue weighted by molar-refractivity contribution is -0.198. The summed E-state index contributed by atoms with van der Waals surface area (Å²) in [6.07, 6.45) is -3.37. The molecule has 0 radical (unpaired) electrons. The van der Waals surface area contributed by atoms with E-state index in [9.17, 15) is 23.1 Å². The average molecular weight is 609 g/mol. The summed E-state index contributed by atoms with van der Waals surface area (Å²) in [4.78, 5) is 22.0. The fourth-order valence-electron chi connectivity index (χ4n) is 5.34. The summed E-state index contributed by atoms with van der Waals surface area (Å²) in [6.45, 7) is 5.20. The van der Waals surface area contributed by atoms with Gasteiger partial charge in [-0.1, -0.05) is 22.0 Å². The third-order valence-electron chi connectivity index (χ3n) is 7.39. The smallest absolute Gasteiger partial charge is 0.429 e. The van der Waals surface area contributed by atoms with Gasteiger partial charge in [-0.15, -0.1) is 0 Å². The van der Waals surface area contributed by atoms with Gasteiger partial charge in [-0.25, -0.2) is 9.67 Å². The Hall–Kier alpha value is -3.19. The second-order valence-electron chi connectivity index (χ2n) is 10.2. The van der Waals surface area contributed by atoms with Gasteiger partial charge in [0.05, 0.1) is 11.4 Å². The molecule has 0 bridgehead atoms. The Labute approximate surface area is 231 Å². The van der Waals surface area contributed by atoms with Crippen molar-refractivity contribution in [3.8, 4) is 11.6 Å². The monoisotopic (exact) mass is 608 g/mol. The zero-order valence-corrected chi connectivity index (χ0v) is 23.0. The van der Waals surface area contributed by atoms with Crippen molar-refractivity contribution in [3.05, 3.63) is 58.1 Å². The number of piperidine rings is 1. The molecule has 1 spiro atoms. The maximum absolute atomic E-state index is 14.4. The zero-order valence-electron chi connectivity index (χ0n) is 21.4. The van der Waals surface area contributed by atoms with Crippen LogP contribution in [0.1, 0.15) is 42.4 Å². The number of nitrogens with zero attached hydrogens (tertiary/aromatic N) is 5. The first-order valence-electron chi connectivity index (χ1n) is 12.5. The molecule has 0 aliphatic carbocycles. The van der Waals surface area contributed by atoms with Crippen molar-refractivity contribution in [1.29, 1.82) is 0 Å². The molecule has 2 fully saturated rings. The number of aliphatic carboxylic acids is 1. The normalized spacial score (nSPS) is 19.8. The van der Waals surface area contributed by atoms with Gasteiger partial charge in [0, 0.05) is 41.9 Å². The molecule has 5 rings (SSSR count). The lowest BCUT2D eigenvalue weighted by atomic mass is 9.76. The first-order chi connectivity index (χ1) is 18.4. The number of ether oxygens (including phenoxy) is 1. The van der Waals surface area contributed by atoms with Gasteiger partial charge in [0.15, 0.2) is 0 Å². The number of carboxylic acid groups (broad SMARTS) is 1. The quantitative estimate of drug-likeness (QED) is 0.413. The molecular weight excluding hydrogens is 581 g/mol. The number of aromatic nitrogens is 4. The molecule has 0 amide bonds. The molecule has 2 saturated heterocycles. The van der Waals surface area contributed by atoms with Gasteiger partial charge in [-0.2, -0.15) is 23.3 Å². The number of rotatable bonds is 6. The predicted molar refractivity (Wildman–Crippen MR) is 140 cm³/mol. The van der Waals surface area contributed by atoms with Gasteiger partial charge >= 0.3 is 12.1 Å². The van der Waals surface area contributed by atoms with Crippen molar-refractivity contribution >= 4 is 27.7 Å². The predicted octanol–water partition coefficient (Wildman–Crippen LogP) is 4.76. The first kappa shape index (κ1) is 27.4. The lowest BCUT2D eigenvalue weighted by Crippen LogP contribution is -2.41. The Bertz CT molecular complexity index is 1370. The number of carboxylic acids is 1. The van der Waals surface area contributed by atoms with Crippen molar-refractivity contribution < 1.29 is 27.8 Å². The summed E-state index contributed by atoms with van der Waals surface area (Å²) in [7, 11) is 0. The number of hydrogen-bond donors (Lipinski definition) is 2. The number of nitrogens with one attached hydrogen (secondary N) is 1. The highest BCUT2D eigenvalue weighted by Gasteiger charge is 2.46. The van der Waals surface area contributed by atoms with Crippen molar-refractivity contribution in [2.45, 2.75) is 51.4 Å². The Morgan fingerprint density at radius 2 is 1.95 bits per heavy atom. The van der Waals surface area contributed by atoms with E-state index in [1.165, 1.54) is 22.9 Å². The molecule has 1 aromatic carbocycles. The Kier molecular flexibility index (Phi) is 7.31. The number of aryl methyl sites for hydroxylation is 2. The first-order valence-corrected chi connectivity index (χ1v) is 13.3. The topological polar surface area (TPSA) is 105 Å². The van der Waals surface area contributed by atoms with Gasteiger partial charge in [0.1, 0.15) is 17.7 Å². The van der Waals surface area contributed by atoms with Crippen LogP contribution in [0.2, 0.25) is 0 Å². The van der Waals surface area contributed by atoms with Crippen LogP contribution < -0.4 is 15.0 Å². The lowest BCUT2D eigenvalue weighted by Gasteiger charge is -2.39. The summed E-state index contributed by atoms with van der Waals surface area (Å²) in [6, 6.07) is 7.06. The van der Waals surface area contributed by atoms with E-state index in [0.29, 0.717) is 42.0 Å². The number of anilines is 1. The number of hydrogen-bond acceptors (Lipinski definition) is 7. The molecule has 4 heterocycles. The van der Waals surface area contributed by atoms with E-state index >= 15 is 0 Å². The Morgan fingerprint density at radius 1 is 1.21 bits per heavy atom. The SMILES string of the molecule is Cc1ccn(-c2cc(Br)ccc2C(Oc2cc(N3CCC4(CC3)CN[C@H](C(=O)O)C4)nc(C)n2)C(F)(F)F)n1. The van der Waals surface area contributed by atoms with Crippen LogP contribution in [-0.4, -0.2) is 62.7 Å². The minimum absolute atomic E-state index is 0.103. The van der Waals surface area contributed by atoms with Gasteiger partial charge in [0.25, 0.3) is 0 Å². The van der Waals surface area contributed by atoms with Crippen molar-refractivity contribution in [2.75, 3.05) is 24.5 Å². The third kappa shape index (κ3) is 5.88. The van der Waals surface area contributed by atoms with E-state index in [1.807, 2.05) is 4.90 Å². The van der Waals surface area contributed by atoms with Crippen LogP contribution in [-0.2, 0) is 4.79 Å². The molecule has 1 unspecified atom stereocenters. The molecule has 9 nitrogen and oxygen atoms in total. The molecular formula is C26H28BrF3N6O3.